The minimum absolute atomic E-state index is 0.109. The molecule has 47 heavy (non-hydrogen) atoms. The highest BCUT2D eigenvalue weighted by Crippen LogP contribution is 2.47. The fraction of sp³-hybridized carbons (Fsp3) is 0.385. The number of allylic oxidation sites excluding steroid dienone is 7. The van der Waals surface area contributed by atoms with E-state index in [9.17, 15) is 10.1 Å². The van der Waals surface area contributed by atoms with Gasteiger partial charge < -0.3 is 20.3 Å². The molecule has 0 amide bonds. The highest BCUT2D eigenvalue weighted by atomic mass is 16.6. The molecule has 0 fully saturated rings. The van der Waals surface area contributed by atoms with Gasteiger partial charge in [0.25, 0.3) is 0 Å². The average molecular weight is 632 g/mol. The van der Waals surface area contributed by atoms with Crippen molar-refractivity contribution >= 4 is 23.0 Å². The van der Waals surface area contributed by atoms with Gasteiger partial charge in [-0.1, -0.05) is 67.4 Å². The first-order valence-corrected chi connectivity index (χ1v) is 16.9. The molecule has 2 aliphatic heterocycles. The van der Waals surface area contributed by atoms with Crippen LogP contribution >= 0.6 is 0 Å². The monoisotopic (exact) mass is 631 g/mol. The maximum atomic E-state index is 11.5. The number of para-hydroxylation sites is 2. The topological polar surface area (TPSA) is 79.2 Å². The SMILES string of the molecule is CCN1C(=CC=C2CCCC(C=CC3=[N+](CC)c4ccccc4C3(C)C)=C2NCCn2ccnc2[N+](=O)[O-])C(C)(C)c2ccccc21. The van der Waals surface area contributed by atoms with Gasteiger partial charge in [-0.15, -0.1) is 0 Å². The summed E-state index contributed by atoms with van der Waals surface area (Å²) in [6.45, 7) is 16.5. The van der Waals surface area contributed by atoms with Crippen LogP contribution in [0.25, 0.3) is 0 Å². The Labute approximate surface area is 278 Å². The molecule has 3 heterocycles. The number of nitrogens with one attached hydrogen (secondary N) is 1. The number of anilines is 1. The van der Waals surface area contributed by atoms with Crippen molar-refractivity contribution in [1.82, 2.24) is 14.9 Å². The number of fused-ring (bicyclic) bond motifs is 2. The van der Waals surface area contributed by atoms with Crippen molar-refractivity contribution in [1.29, 1.82) is 0 Å². The first-order chi connectivity index (χ1) is 22.6. The molecule has 0 radical (unpaired) electrons. The van der Waals surface area contributed by atoms with Gasteiger partial charge in [-0.25, -0.2) is 4.57 Å². The number of hydrogen-bond donors (Lipinski definition) is 1. The van der Waals surface area contributed by atoms with Gasteiger partial charge in [-0.3, -0.25) is 0 Å². The summed E-state index contributed by atoms with van der Waals surface area (Å²) in [4.78, 5) is 17.4. The zero-order chi connectivity index (χ0) is 33.3. The van der Waals surface area contributed by atoms with Crippen LogP contribution in [0.2, 0.25) is 0 Å². The molecular weight excluding hydrogens is 584 g/mol. The van der Waals surface area contributed by atoms with Crippen LogP contribution in [0.3, 0.4) is 0 Å². The lowest BCUT2D eigenvalue weighted by Gasteiger charge is -2.27. The van der Waals surface area contributed by atoms with Gasteiger partial charge >= 0.3 is 5.95 Å². The summed E-state index contributed by atoms with van der Waals surface area (Å²) in [6, 6.07) is 17.4. The summed E-state index contributed by atoms with van der Waals surface area (Å²) in [5.41, 5.74) is 11.3. The fourth-order valence-corrected chi connectivity index (χ4v) is 7.76. The van der Waals surface area contributed by atoms with Crippen LogP contribution in [0.15, 0.2) is 108 Å². The standard InChI is InChI=1S/C39H46N6O2/c1-7-43-32-18-11-9-16-30(32)38(3,4)34(43)22-20-28-14-13-15-29(36(28)40-24-26-42-27-25-41-37(42)45(46)47)21-23-35-39(5,6)31-17-10-12-19-33(31)44(35)8-2/h9-12,16-23,25,27H,7-8,13-15,24,26H2,1-6H3/p+1. The number of nitro groups is 1. The second kappa shape index (κ2) is 12.8. The largest absolute Gasteiger partial charge is 0.434 e. The van der Waals surface area contributed by atoms with Crippen LogP contribution in [0.4, 0.5) is 17.3 Å². The molecule has 0 saturated carbocycles. The second-order valence-corrected chi connectivity index (χ2v) is 13.6. The number of aromatic nitrogens is 2. The molecule has 244 valence electrons. The zero-order valence-electron chi connectivity index (χ0n) is 28.6. The molecule has 0 atom stereocenters. The quantitative estimate of drug-likeness (QED) is 0.139. The number of benzene rings is 2. The molecule has 0 bridgehead atoms. The first-order valence-electron chi connectivity index (χ1n) is 16.9. The van der Waals surface area contributed by atoms with Crippen LogP contribution in [-0.4, -0.2) is 44.4 Å². The summed E-state index contributed by atoms with van der Waals surface area (Å²) in [6.07, 6.45) is 15.4. The van der Waals surface area contributed by atoms with E-state index in [0.717, 1.165) is 38.0 Å². The molecule has 2 aromatic carbocycles. The maximum absolute atomic E-state index is 11.5. The number of imidazole rings is 1. The van der Waals surface area contributed by atoms with Gasteiger partial charge in [0.15, 0.2) is 5.71 Å². The number of hydrogen-bond acceptors (Lipinski definition) is 5. The highest BCUT2D eigenvalue weighted by Gasteiger charge is 2.43. The van der Waals surface area contributed by atoms with Crippen molar-refractivity contribution < 1.29 is 9.50 Å². The third-order valence-electron chi connectivity index (χ3n) is 10.2. The molecule has 3 aliphatic rings. The summed E-state index contributed by atoms with van der Waals surface area (Å²) < 4.78 is 4.03. The Morgan fingerprint density at radius 2 is 1.72 bits per heavy atom. The van der Waals surface area contributed by atoms with Gasteiger partial charge in [0.2, 0.25) is 5.69 Å². The lowest BCUT2D eigenvalue weighted by Crippen LogP contribution is -2.28. The van der Waals surface area contributed by atoms with Crippen molar-refractivity contribution in [3.63, 3.8) is 0 Å². The Morgan fingerprint density at radius 1 is 0.979 bits per heavy atom. The van der Waals surface area contributed by atoms with Crippen molar-refractivity contribution in [2.24, 2.45) is 0 Å². The van der Waals surface area contributed by atoms with E-state index in [0.29, 0.717) is 13.1 Å². The van der Waals surface area contributed by atoms with Crippen molar-refractivity contribution in [3.05, 3.63) is 129 Å². The first kappa shape index (κ1) is 32.2. The van der Waals surface area contributed by atoms with E-state index >= 15 is 0 Å². The maximum Gasteiger partial charge on any atom is 0.434 e. The van der Waals surface area contributed by atoms with E-state index in [1.165, 1.54) is 51.3 Å². The predicted molar refractivity (Wildman–Crippen MR) is 190 cm³/mol. The average Bonchev–Trinajstić information content (AvgIpc) is 3.69. The number of likely N-dealkylation sites (N-methyl/N-ethyl adjacent to an activating group) is 1. The molecule has 8 heteroatoms. The van der Waals surface area contributed by atoms with Crippen molar-refractivity contribution in [2.45, 2.75) is 78.2 Å². The van der Waals surface area contributed by atoms with Crippen molar-refractivity contribution in [3.8, 4) is 0 Å². The van der Waals surface area contributed by atoms with E-state index < -0.39 is 4.92 Å². The second-order valence-electron chi connectivity index (χ2n) is 13.6. The summed E-state index contributed by atoms with van der Waals surface area (Å²) in [5, 5.41) is 15.2. The van der Waals surface area contributed by atoms with Crippen LogP contribution < -0.4 is 10.2 Å². The molecular formula is C39H47N6O2+. The molecule has 1 N–H and O–H groups in total. The van der Waals surface area contributed by atoms with Gasteiger partial charge in [-0.05, 0) is 80.7 Å². The van der Waals surface area contributed by atoms with E-state index in [-0.39, 0.29) is 16.8 Å². The van der Waals surface area contributed by atoms with Gasteiger partial charge in [-0.2, -0.15) is 4.58 Å². The van der Waals surface area contributed by atoms with E-state index in [4.69, 9.17) is 0 Å². The lowest BCUT2D eigenvalue weighted by atomic mass is 9.81. The Kier molecular flexibility index (Phi) is 8.79. The van der Waals surface area contributed by atoms with Crippen LogP contribution in [0.1, 0.15) is 71.9 Å². The van der Waals surface area contributed by atoms with Crippen LogP contribution in [-0.2, 0) is 17.4 Å². The van der Waals surface area contributed by atoms with Gasteiger partial charge in [0, 0.05) is 53.3 Å². The van der Waals surface area contributed by atoms with Crippen LogP contribution in [0, 0.1) is 10.1 Å². The summed E-state index contributed by atoms with van der Waals surface area (Å²) >= 11 is 0. The third-order valence-corrected chi connectivity index (χ3v) is 10.2. The van der Waals surface area contributed by atoms with Crippen LogP contribution in [0.5, 0.6) is 0 Å². The Morgan fingerprint density at radius 3 is 2.47 bits per heavy atom. The van der Waals surface area contributed by atoms with E-state index in [1.807, 2.05) is 0 Å². The number of rotatable bonds is 10. The Balaban J connectivity index is 1.38. The predicted octanol–water partition coefficient (Wildman–Crippen LogP) is 8.10. The fourth-order valence-electron chi connectivity index (χ4n) is 7.76. The van der Waals surface area contributed by atoms with E-state index in [1.54, 1.807) is 10.8 Å². The highest BCUT2D eigenvalue weighted by molar-refractivity contribution is 6.03. The minimum atomic E-state index is -0.426. The summed E-state index contributed by atoms with van der Waals surface area (Å²) in [5.74, 6) is -0.133. The lowest BCUT2D eigenvalue weighted by molar-refractivity contribution is -0.433. The van der Waals surface area contributed by atoms with Crippen molar-refractivity contribution in [2.75, 3.05) is 24.5 Å². The number of nitrogens with zero attached hydrogens (tertiary/aromatic N) is 5. The minimum Gasteiger partial charge on any atom is -0.390 e. The van der Waals surface area contributed by atoms with Gasteiger partial charge in [0.1, 0.15) is 18.9 Å². The van der Waals surface area contributed by atoms with Gasteiger partial charge in [0.05, 0.1) is 12.0 Å². The molecule has 8 nitrogen and oxygen atoms in total. The normalized spacial score (nSPS) is 20.1. The third kappa shape index (κ3) is 5.75. The molecule has 3 aromatic rings. The zero-order valence-corrected chi connectivity index (χ0v) is 28.6. The smallest absolute Gasteiger partial charge is 0.390 e. The molecule has 0 unspecified atom stereocenters. The Hall–Kier alpha value is -4.72. The summed E-state index contributed by atoms with van der Waals surface area (Å²) in [7, 11) is 0. The Bertz CT molecular complexity index is 1850. The van der Waals surface area contributed by atoms with E-state index in [2.05, 4.69) is 134 Å². The molecule has 1 aliphatic carbocycles. The molecule has 0 saturated heterocycles. The molecule has 6 rings (SSSR count). The molecule has 0 spiro atoms. The molecule has 1 aromatic heterocycles.